The Hall–Kier alpha value is -7.28. The van der Waals surface area contributed by atoms with E-state index >= 15 is 0 Å². The Morgan fingerprint density at radius 1 is 0.607 bits per heavy atom. The lowest BCUT2D eigenvalue weighted by molar-refractivity contribution is -0.889. The third kappa shape index (κ3) is 25.3. The van der Waals surface area contributed by atoms with Crippen LogP contribution in [0.1, 0.15) is 110 Å². The SMILES string of the molecule is CCCC[N+](C)(C)CCNC(=O)CCc1cc(CN2CCN(Cc3cc(C#Cc4ccc(OCC(=O)CN)cc4)cc(C(=O)O)n3)CCN(Cc3cc(CCC(=O)NCC[N+](C)(C)CCCS(=O)(=O)O)cc(C(=O)O)n3)CC2)nc(C(=O)O)c1. The molecular weight excluding hydrogens is 1100 g/mol. The van der Waals surface area contributed by atoms with Crippen LogP contribution in [0.3, 0.4) is 0 Å². The molecule has 8 N–H and O–H groups in total. The van der Waals surface area contributed by atoms with Gasteiger partial charge < -0.3 is 45.4 Å². The summed E-state index contributed by atoms with van der Waals surface area (Å²) in [6.45, 7) is 8.84. The number of aromatic nitrogens is 3. The first-order chi connectivity index (χ1) is 39.7. The number of carbonyl (C=O) groups is 6. The third-order valence-corrected chi connectivity index (χ3v) is 15.0. The molecule has 0 spiro atoms. The zero-order chi connectivity index (χ0) is 61.5. The Morgan fingerprint density at radius 3 is 1.44 bits per heavy atom. The number of pyridine rings is 3. The van der Waals surface area contributed by atoms with Gasteiger partial charge in [0, 0.05) is 89.3 Å². The molecule has 0 atom stereocenters. The number of ketones is 1. The maximum atomic E-state index is 13.0. The van der Waals surface area contributed by atoms with Gasteiger partial charge in [-0.15, -0.1) is 0 Å². The van der Waals surface area contributed by atoms with Crippen LogP contribution in [0.25, 0.3) is 0 Å². The van der Waals surface area contributed by atoms with Gasteiger partial charge in [0.1, 0.15) is 29.4 Å². The Morgan fingerprint density at radius 2 is 1.02 bits per heavy atom. The molecular formula is C59H83N11O13S+2. The number of nitrogens with zero attached hydrogens (tertiary/aromatic N) is 8. The molecule has 5 rings (SSSR count). The predicted octanol–water partition coefficient (Wildman–Crippen LogP) is 2.42. The number of rotatable bonds is 32. The lowest BCUT2D eigenvalue weighted by Crippen LogP contribution is -2.46. The van der Waals surface area contributed by atoms with E-state index in [1.54, 1.807) is 36.4 Å². The van der Waals surface area contributed by atoms with E-state index in [1.165, 1.54) is 18.2 Å². The van der Waals surface area contributed by atoms with E-state index in [-0.39, 0.29) is 98.9 Å². The van der Waals surface area contributed by atoms with Crippen molar-refractivity contribution < 1.29 is 70.8 Å². The molecule has 1 fully saturated rings. The van der Waals surface area contributed by atoms with E-state index in [2.05, 4.69) is 73.1 Å². The lowest BCUT2D eigenvalue weighted by Gasteiger charge is -2.29. The fourth-order valence-electron chi connectivity index (χ4n) is 9.34. The van der Waals surface area contributed by atoms with Gasteiger partial charge in [-0.05, 0) is 91.1 Å². The lowest BCUT2D eigenvalue weighted by atomic mass is 10.1. The van der Waals surface area contributed by atoms with Crippen LogP contribution in [-0.4, -0.2) is 228 Å². The van der Waals surface area contributed by atoms with Crippen molar-refractivity contribution in [1.82, 2.24) is 40.3 Å². The Balaban J connectivity index is 1.37. The van der Waals surface area contributed by atoms with Gasteiger partial charge in [-0.3, -0.25) is 33.6 Å². The number of carboxylic acid groups (broad SMARTS) is 3. The standard InChI is InChI=1S/C59H81N11O13S/c1-6-7-27-69(2,3)29-19-61-55(72)17-13-45-33-48(64-53(36-45)58(76)77)40-67-23-21-66(39-47-32-44(35-52(63-47)57(74)75)10-9-43-11-15-51(16-12-43)83-42-50(71)38-60)22-24-68(26-25-67)41-49-34-46(37-54(65-49)59(78)79)14-18-56(73)62-20-30-70(4,5)28-8-31-84(80,81)82/h11-12,15-16,32-37H,6-8,13-14,17-31,38-42,60H2,1-5H3,(H4-2,61,62,72,73,74,75,76,77,78,79,80,81,82)/p+2. The summed E-state index contributed by atoms with van der Waals surface area (Å²) in [5.41, 5.74) is 8.50. The van der Waals surface area contributed by atoms with Crippen molar-refractivity contribution in [2.45, 2.75) is 71.5 Å². The normalized spacial score (nSPS) is 13.8. The largest absolute Gasteiger partial charge is 0.486 e. The highest BCUT2D eigenvalue weighted by molar-refractivity contribution is 7.85. The first kappa shape index (κ1) is 67.5. The van der Waals surface area contributed by atoms with Crippen LogP contribution in [0.4, 0.5) is 0 Å². The highest BCUT2D eigenvalue weighted by Crippen LogP contribution is 2.18. The van der Waals surface area contributed by atoms with Crippen LogP contribution in [0, 0.1) is 11.8 Å². The molecule has 0 bridgehead atoms. The Kier molecular flexibility index (Phi) is 26.3. The van der Waals surface area contributed by atoms with E-state index in [0.717, 1.165) is 30.4 Å². The second-order valence-corrected chi connectivity index (χ2v) is 24.0. The van der Waals surface area contributed by atoms with Crippen LogP contribution in [-0.2, 0) is 57.0 Å². The smallest absolute Gasteiger partial charge is 0.354 e. The quantitative estimate of drug-likeness (QED) is 0.0210. The third-order valence-electron chi connectivity index (χ3n) is 14.2. The Labute approximate surface area is 492 Å². The summed E-state index contributed by atoms with van der Waals surface area (Å²) in [6.07, 6.45) is 3.15. The first-order valence-corrected chi connectivity index (χ1v) is 29.8. The fraction of sp³-hybridized carbons (Fsp3) is 0.508. The molecule has 1 saturated heterocycles. The molecule has 0 aliphatic carbocycles. The van der Waals surface area contributed by atoms with Crippen molar-refractivity contribution in [2.75, 3.05) is 126 Å². The molecule has 1 aromatic carbocycles. The van der Waals surface area contributed by atoms with Gasteiger partial charge in [-0.1, -0.05) is 25.2 Å². The summed E-state index contributed by atoms with van der Waals surface area (Å²) in [5.74, 6) is 1.88. The van der Waals surface area contributed by atoms with Crippen molar-refractivity contribution in [3.05, 3.63) is 117 Å². The van der Waals surface area contributed by atoms with Crippen molar-refractivity contribution in [3.63, 3.8) is 0 Å². The first-order valence-electron chi connectivity index (χ1n) is 28.2. The second kappa shape index (κ2) is 32.7. The molecule has 0 saturated carbocycles. The van der Waals surface area contributed by atoms with Crippen LogP contribution in [0.5, 0.6) is 5.75 Å². The number of amides is 2. The summed E-state index contributed by atoms with van der Waals surface area (Å²) >= 11 is 0. The number of hydrogen-bond acceptors (Lipinski definition) is 16. The number of carboxylic acids is 3. The molecule has 1 aliphatic heterocycles. The minimum atomic E-state index is -4.08. The van der Waals surface area contributed by atoms with E-state index in [0.29, 0.717) is 121 Å². The van der Waals surface area contributed by atoms with Gasteiger partial charge >= 0.3 is 17.9 Å². The number of likely N-dealkylation sites (N-methyl/N-ethyl adjacent to an activating group) is 2. The molecule has 84 heavy (non-hydrogen) atoms. The van der Waals surface area contributed by atoms with Gasteiger partial charge in [-0.25, -0.2) is 29.3 Å². The Bertz CT molecular complexity index is 3090. The number of aromatic carboxylic acids is 3. The van der Waals surface area contributed by atoms with Crippen molar-refractivity contribution in [3.8, 4) is 17.6 Å². The predicted molar refractivity (Wildman–Crippen MR) is 314 cm³/mol. The van der Waals surface area contributed by atoms with Crippen LogP contribution >= 0.6 is 0 Å². The molecule has 3 aromatic heterocycles. The minimum Gasteiger partial charge on any atom is -0.486 e. The van der Waals surface area contributed by atoms with Crippen LogP contribution in [0.15, 0.2) is 60.7 Å². The number of nitrogens with two attached hydrogens (primary N) is 1. The summed E-state index contributed by atoms with van der Waals surface area (Å²) in [7, 11) is 3.98. The number of quaternary nitrogens is 2. The van der Waals surface area contributed by atoms with Crippen LogP contribution < -0.4 is 21.1 Å². The van der Waals surface area contributed by atoms with E-state index in [1.807, 2.05) is 20.2 Å². The summed E-state index contributed by atoms with van der Waals surface area (Å²) in [6, 6.07) is 16.4. The summed E-state index contributed by atoms with van der Waals surface area (Å²) in [4.78, 5) is 94.9. The molecule has 1 aliphatic rings. The van der Waals surface area contributed by atoms with Gasteiger partial charge in [-0.2, -0.15) is 8.42 Å². The zero-order valence-electron chi connectivity index (χ0n) is 49.0. The summed E-state index contributed by atoms with van der Waals surface area (Å²) < 4.78 is 38.1. The number of nitrogens with one attached hydrogen (secondary N) is 2. The fourth-order valence-corrected chi connectivity index (χ4v) is 9.84. The van der Waals surface area contributed by atoms with Crippen LogP contribution in [0.2, 0.25) is 0 Å². The topological polar surface area (TPSA) is 325 Å². The number of benzene rings is 1. The highest BCUT2D eigenvalue weighted by Gasteiger charge is 2.23. The average Bonchev–Trinajstić information content (AvgIpc) is 3.74. The van der Waals surface area contributed by atoms with E-state index in [9.17, 15) is 52.5 Å². The van der Waals surface area contributed by atoms with E-state index in [4.69, 9.17) is 15.0 Å². The maximum absolute atomic E-state index is 13.0. The number of Topliss-reactive ketones (excluding diaryl/α,β-unsaturated/α-hetero) is 1. The van der Waals surface area contributed by atoms with Crippen molar-refractivity contribution >= 4 is 45.6 Å². The second-order valence-electron chi connectivity index (χ2n) is 22.4. The number of ether oxygens (including phenoxy) is 1. The molecule has 456 valence electrons. The zero-order valence-corrected chi connectivity index (χ0v) is 49.8. The van der Waals surface area contributed by atoms with Crippen molar-refractivity contribution in [1.29, 1.82) is 0 Å². The highest BCUT2D eigenvalue weighted by atomic mass is 32.2. The van der Waals surface area contributed by atoms with Gasteiger partial charge in [0.05, 0.1) is 96.8 Å². The molecule has 0 unspecified atom stereocenters. The molecule has 24 nitrogen and oxygen atoms in total. The number of carbonyl (C=O) groups excluding carboxylic acids is 3. The molecule has 2 amide bonds. The molecule has 4 aromatic rings. The minimum absolute atomic E-state index is 0.0580. The number of aryl methyl sites for hydroxylation is 2. The van der Waals surface area contributed by atoms with Gasteiger partial charge in [0.2, 0.25) is 11.8 Å². The molecule has 0 radical (unpaired) electrons. The van der Waals surface area contributed by atoms with Gasteiger partial charge in [0.15, 0.2) is 5.78 Å². The average molecular weight is 1190 g/mol. The van der Waals surface area contributed by atoms with Crippen molar-refractivity contribution in [2.24, 2.45) is 5.73 Å². The van der Waals surface area contributed by atoms with Gasteiger partial charge in [0.25, 0.3) is 10.1 Å². The monoisotopic (exact) mass is 1190 g/mol. The summed E-state index contributed by atoms with van der Waals surface area (Å²) in [5, 5.41) is 36.4. The number of hydrogen-bond donors (Lipinski definition) is 7. The maximum Gasteiger partial charge on any atom is 0.354 e. The molecule has 4 heterocycles. The number of unbranched alkanes of at least 4 members (excludes halogenated alkanes) is 1. The van der Waals surface area contributed by atoms with E-state index < -0.39 is 28.0 Å². The molecule has 25 heteroatoms.